The minimum Gasteiger partial charge on any atom is -0.507 e. The summed E-state index contributed by atoms with van der Waals surface area (Å²) in [7, 11) is 0. The lowest BCUT2D eigenvalue weighted by Crippen LogP contribution is -2.16. The predicted octanol–water partition coefficient (Wildman–Crippen LogP) is 2.00. The number of aliphatic hydroxyl groups is 1. The van der Waals surface area contributed by atoms with Crippen LogP contribution in [0, 0.1) is 0 Å². The highest BCUT2D eigenvalue weighted by Crippen LogP contribution is 2.36. The molecule has 6 heteroatoms. The molecule has 19 heavy (non-hydrogen) atoms. The van der Waals surface area contributed by atoms with E-state index in [0.29, 0.717) is 10.8 Å². The summed E-state index contributed by atoms with van der Waals surface area (Å²) < 4.78 is 0.783. The van der Waals surface area contributed by atoms with Gasteiger partial charge in [-0.05, 0) is 29.0 Å². The van der Waals surface area contributed by atoms with Crippen LogP contribution < -0.4 is 5.73 Å². The number of halogens is 1. The van der Waals surface area contributed by atoms with Gasteiger partial charge in [0.25, 0.3) is 0 Å². The SMILES string of the molecule is N[C@@H](CO)c1c(O)c(C(=O)O)cc2cc(Br)ccc12. The molecule has 0 amide bonds. The summed E-state index contributed by atoms with van der Waals surface area (Å²) in [4.78, 5) is 11.1. The molecule has 0 aliphatic heterocycles. The van der Waals surface area contributed by atoms with Crippen LogP contribution in [0.3, 0.4) is 0 Å². The van der Waals surface area contributed by atoms with Gasteiger partial charge in [-0.15, -0.1) is 0 Å². The maximum atomic E-state index is 11.1. The van der Waals surface area contributed by atoms with Crippen LogP contribution >= 0.6 is 15.9 Å². The molecule has 0 aliphatic rings. The van der Waals surface area contributed by atoms with Crippen LogP contribution in [-0.4, -0.2) is 27.9 Å². The van der Waals surface area contributed by atoms with E-state index in [4.69, 9.17) is 15.9 Å². The van der Waals surface area contributed by atoms with Crippen molar-refractivity contribution in [2.75, 3.05) is 6.61 Å². The molecule has 0 heterocycles. The summed E-state index contributed by atoms with van der Waals surface area (Å²) in [6.07, 6.45) is 0. The molecule has 2 aromatic carbocycles. The summed E-state index contributed by atoms with van der Waals surface area (Å²) in [6, 6.07) is 5.74. The van der Waals surface area contributed by atoms with E-state index in [1.807, 2.05) is 0 Å². The van der Waals surface area contributed by atoms with Crippen LogP contribution in [0.2, 0.25) is 0 Å². The van der Waals surface area contributed by atoms with Gasteiger partial charge in [-0.3, -0.25) is 0 Å². The van der Waals surface area contributed by atoms with Gasteiger partial charge in [0.1, 0.15) is 11.3 Å². The molecule has 1 atom stereocenters. The van der Waals surface area contributed by atoms with Crippen molar-refractivity contribution < 1.29 is 20.1 Å². The van der Waals surface area contributed by atoms with Gasteiger partial charge in [0.05, 0.1) is 12.6 Å². The standard InChI is InChI=1S/C13H12BrNO4/c14-7-1-2-8-6(3-7)4-9(13(18)19)12(17)11(8)10(15)5-16/h1-4,10,16-17H,5,15H2,(H,18,19)/t10-/m0/s1. The van der Waals surface area contributed by atoms with Crippen LogP contribution in [0.4, 0.5) is 0 Å². The van der Waals surface area contributed by atoms with Gasteiger partial charge in [-0.25, -0.2) is 4.79 Å². The van der Waals surface area contributed by atoms with Gasteiger partial charge in [-0.1, -0.05) is 22.0 Å². The van der Waals surface area contributed by atoms with Crippen molar-refractivity contribution in [3.63, 3.8) is 0 Å². The molecule has 5 N–H and O–H groups in total. The molecular weight excluding hydrogens is 314 g/mol. The number of benzene rings is 2. The summed E-state index contributed by atoms with van der Waals surface area (Å²) in [5.74, 6) is -1.64. The van der Waals surface area contributed by atoms with E-state index in [0.717, 1.165) is 4.47 Å². The lowest BCUT2D eigenvalue weighted by molar-refractivity contribution is 0.0693. The van der Waals surface area contributed by atoms with E-state index in [-0.39, 0.29) is 17.7 Å². The zero-order valence-electron chi connectivity index (χ0n) is 9.80. The number of phenols is 1. The normalized spacial score (nSPS) is 12.6. The average Bonchev–Trinajstić information content (AvgIpc) is 2.37. The van der Waals surface area contributed by atoms with E-state index in [1.165, 1.54) is 6.07 Å². The van der Waals surface area contributed by atoms with Crippen LogP contribution in [0.25, 0.3) is 10.8 Å². The fourth-order valence-electron chi connectivity index (χ4n) is 2.02. The minimum atomic E-state index is -1.24. The molecule has 0 saturated carbocycles. The highest BCUT2D eigenvalue weighted by molar-refractivity contribution is 9.10. The number of rotatable bonds is 3. The van der Waals surface area contributed by atoms with Crippen LogP contribution in [0.1, 0.15) is 22.0 Å². The van der Waals surface area contributed by atoms with Crippen LogP contribution in [-0.2, 0) is 0 Å². The number of hydrogen-bond donors (Lipinski definition) is 4. The number of fused-ring (bicyclic) bond motifs is 1. The van der Waals surface area contributed by atoms with E-state index >= 15 is 0 Å². The third-order valence-corrected chi connectivity index (χ3v) is 3.41. The Morgan fingerprint density at radius 1 is 1.37 bits per heavy atom. The minimum absolute atomic E-state index is 0.232. The first-order chi connectivity index (χ1) is 8.95. The number of nitrogens with two attached hydrogens (primary N) is 1. The Bertz CT molecular complexity index is 657. The molecule has 100 valence electrons. The lowest BCUT2D eigenvalue weighted by Gasteiger charge is -2.16. The van der Waals surface area contributed by atoms with Gasteiger partial charge in [-0.2, -0.15) is 0 Å². The largest absolute Gasteiger partial charge is 0.507 e. The molecular formula is C13H12BrNO4. The first-order valence-corrected chi connectivity index (χ1v) is 6.30. The summed E-state index contributed by atoms with van der Waals surface area (Å²) in [5, 5.41) is 29.6. The zero-order valence-corrected chi connectivity index (χ0v) is 11.4. The Labute approximate surface area is 117 Å². The predicted molar refractivity (Wildman–Crippen MR) is 74.3 cm³/mol. The van der Waals surface area contributed by atoms with E-state index in [1.54, 1.807) is 18.2 Å². The van der Waals surface area contributed by atoms with Crippen molar-refractivity contribution in [2.45, 2.75) is 6.04 Å². The van der Waals surface area contributed by atoms with E-state index in [2.05, 4.69) is 15.9 Å². The monoisotopic (exact) mass is 325 g/mol. The molecule has 0 saturated heterocycles. The fraction of sp³-hybridized carbons (Fsp3) is 0.154. The van der Waals surface area contributed by atoms with Crippen molar-refractivity contribution in [3.8, 4) is 5.75 Å². The number of aromatic hydroxyl groups is 1. The summed E-state index contributed by atoms with van der Waals surface area (Å²) >= 11 is 3.30. The fourth-order valence-corrected chi connectivity index (χ4v) is 2.40. The summed E-state index contributed by atoms with van der Waals surface area (Å²) in [6.45, 7) is -0.387. The molecule has 0 spiro atoms. The molecule has 0 aliphatic carbocycles. The van der Waals surface area contributed by atoms with Gasteiger partial charge in [0, 0.05) is 10.0 Å². The van der Waals surface area contributed by atoms with Gasteiger partial charge in [0.2, 0.25) is 0 Å². The second-order valence-electron chi connectivity index (χ2n) is 4.15. The zero-order chi connectivity index (χ0) is 14.2. The second-order valence-corrected chi connectivity index (χ2v) is 5.06. The molecule has 0 unspecified atom stereocenters. The van der Waals surface area contributed by atoms with Crippen molar-refractivity contribution in [1.82, 2.24) is 0 Å². The maximum absolute atomic E-state index is 11.1. The number of carboxylic acids is 1. The van der Waals surface area contributed by atoms with Gasteiger partial charge in [0.15, 0.2) is 0 Å². The third kappa shape index (κ3) is 2.42. The Hall–Kier alpha value is -1.63. The van der Waals surface area contributed by atoms with Crippen LogP contribution in [0.15, 0.2) is 28.7 Å². The quantitative estimate of drug-likeness (QED) is 0.691. The van der Waals surface area contributed by atoms with E-state index < -0.39 is 17.8 Å². The van der Waals surface area contributed by atoms with Crippen LogP contribution in [0.5, 0.6) is 5.75 Å². The smallest absolute Gasteiger partial charge is 0.339 e. The molecule has 0 radical (unpaired) electrons. The molecule has 2 aromatic rings. The Morgan fingerprint density at radius 2 is 2.05 bits per heavy atom. The van der Waals surface area contributed by atoms with Gasteiger partial charge < -0.3 is 21.1 Å². The first-order valence-electron chi connectivity index (χ1n) is 5.50. The molecule has 0 bridgehead atoms. The Kier molecular flexibility index (Phi) is 3.75. The third-order valence-electron chi connectivity index (χ3n) is 2.91. The topological polar surface area (TPSA) is 104 Å². The number of carboxylic acid groups (broad SMARTS) is 1. The maximum Gasteiger partial charge on any atom is 0.339 e. The van der Waals surface area contributed by atoms with Crippen molar-refractivity contribution in [2.24, 2.45) is 5.73 Å². The Morgan fingerprint density at radius 3 is 2.63 bits per heavy atom. The number of carbonyl (C=O) groups is 1. The lowest BCUT2D eigenvalue weighted by atomic mass is 9.95. The second kappa shape index (κ2) is 5.16. The number of aromatic carboxylic acids is 1. The first kappa shape index (κ1) is 13.8. The van der Waals surface area contributed by atoms with Crippen molar-refractivity contribution in [3.05, 3.63) is 39.9 Å². The van der Waals surface area contributed by atoms with Crippen molar-refractivity contribution in [1.29, 1.82) is 0 Å². The van der Waals surface area contributed by atoms with E-state index in [9.17, 15) is 9.90 Å². The number of aliphatic hydroxyl groups excluding tert-OH is 1. The number of hydrogen-bond acceptors (Lipinski definition) is 4. The molecule has 2 rings (SSSR count). The Balaban J connectivity index is 2.88. The highest BCUT2D eigenvalue weighted by atomic mass is 79.9. The van der Waals surface area contributed by atoms with Gasteiger partial charge >= 0.3 is 5.97 Å². The molecule has 0 fully saturated rings. The highest BCUT2D eigenvalue weighted by Gasteiger charge is 2.21. The molecule has 5 nitrogen and oxygen atoms in total. The molecule has 0 aromatic heterocycles. The average molecular weight is 326 g/mol. The summed E-state index contributed by atoms with van der Waals surface area (Å²) in [5.41, 5.74) is 5.76. The van der Waals surface area contributed by atoms with Crippen molar-refractivity contribution >= 4 is 32.7 Å².